The monoisotopic (exact) mass is 316 g/mol. The molecule has 1 fully saturated rings. The summed E-state index contributed by atoms with van der Waals surface area (Å²) in [5, 5.41) is 5.00. The molecular weight excluding hydrogens is 296 g/mol. The summed E-state index contributed by atoms with van der Waals surface area (Å²) in [4.78, 5) is 15.6. The van der Waals surface area contributed by atoms with Crippen LogP contribution in [0.25, 0.3) is 0 Å². The van der Waals surface area contributed by atoms with Gasteiger partial charge in [0.2, 0.25) is 0 Å². The van der Waals surface area contributed by atoms with Gasteiger partial charge in [0, 0.05) is 23.7 Å². The van der Waals surface area contributed by atoms with Crippen molar-refractivity contribution in [3.8, 4) is 0 Å². The SMILES string of the molecule is O=C(Nc1ccccc1)N(Cc1cccs1)C[C@H]1CCCO1. The van der Waals surface area contributed by atoms with Crippen LogP contribution < -0.4 is 5.32 Å². The van der Waals surface area contributed by atoms with E-state index in [-0.39, 0.29) is 12.1 Å². The highest BCUT2D eigenvalue weighted by molar-refractivity contribution is 7.09. The average Bonchev–Trinajstić information content (AvgIpc) is 3.21. The molecule has 116 valence electrons. The second kappa shape index (κ2) is 7.42. The van der Waals surface area contributed by atoms with E-state index in [1.807, 2.05) is 46.7 Å². The maximum atomic E-state index is 12.6. The number of para-hydroxylation sites is 1. The Bertz CT molecular complexity index is 580. The third-order valence-corrected chi connectivity index (χ3v) is 4.55. The van der Waals surface area contributed by atoms with Gasteiger partial charge in [0.05, 0.1) is 12.6 Å². The van der Waals surface area contributed by atoms with E-state index < -0.39 is 0 Å². The van der Waals surface area contributed by atoms with Gasteiger partial charge in [-0.25, -0.2) is 4.79 Å². The van der Waals surface area contributed by atoms with E-state index in [1.54, 1.807) is 11.3 Å². The number of nitrogens with one attached hydrogen (secondary N) is 1. The molecule has 0 aliphatic carbocycles. The summed E-state index contributed by atoms with van der Waals surface area (Å²) in [6.45, 7) is 2.06. The van der Waals surface area contributed by atoms with Crippen molar-refractivity contribution in [3.05, 3.63) is 52.7 Å². The Kier molecular flexibility index (Phi) is 5.08. The summed E-state index contributed by atoms with van der Waals surface area (Å²) < 4.78 is 5.68. The Morgan fingerprint density at radius 2 is 2.14 bits per heavy atom. The first kappa shape index (κ1) is 15.1. The Morgan fingerprint density at radius 3 is 2.82 bits per heavy atom. The number of hydrogen-bond acceptors (Lipinski definition) is 3. The summed E-state index contributed by atoms with van der Waals surface area (Å²) in [6, 6.07) is 13.6. The van der Waals surface area contributed by atoms with Crippen molar-refractivity contribution in [3.63, 3.8) is 0 Å². The summed E-state index contributed by atoms with van der Waals surface area (Å²) in [6.07, 6.45) is 2.26. The number of rotatable bonds is 5. The molecule has 0 saturated carbocycles. The predicted molar refractivity (Wildman–Crippen MR) is 89.2 cm³/mol. The summed E-state index contributed by atoms with van der Waals surface area (Å²) >= 11 is 1.67. The number of thiophene rings is 1. The average molecular weight is 316 g/mol. The van der Waals surface area contributed by atoms with E-state index >= 15 is 0 Å². The number of carbonyl (C=O) groups excluding carboxylic acids is 1. The molecule has 1 aliphatic rings. The maximum Gasteiger partial charge on any atom is 0.322 e. The Labute approximate surface area is 134 Å². The van der Waals surface area contributed by atoms with Crippen molar-refractivity contribution in [1.29, 1.82) is 0 Å². The smallest absolute Gasteiger partial charge is 0.322 e. The Balaban J connectivity index is 1.67. The fraction of sp³-hybridized carbons (Fsp3) is 0.353. The van der Waals surface area contributed by atoms with Gasteiger partial charge < -0.3 is 15.0 Å². The highest BCUT2D eigenvalue weighted by atomic mass is 32.1. The zero-order valence-corrected chi connectivity index (χ0v) is 13.2. The number of carbonyl (C=O) groups is 1. The first-order chi connectivity index (χ1) is 10.8. The van der Waals surface area contributed by atoms with Crippen molar-refractivity contribution in [1.82, 2.24) is 4.90 Å². The third kappa shape index (κ3) is 4.08. The number of urea groups is 1. The molecule has 1 aliphatic heterocycles. The highest BCUT2D eigenvalue weighted by Gasteiger charge is 2.23. The molecule has 1 N–H and O–H groups in total. The fourth-order valence-electron chi connectivity index (χ4n) is 2.57. The van der Waals surface area contributed by atoms with Crippen molar-refractivity contribution >= 4 is 23.1 Å². The van der Waals surface area contributed by atoms with Gasteiger partial charge in [0.1, 0.15) is 0 Å². The van der Waals surface area contributed by atoms with Crippen molar-refractivity contribution in [2.75, 3.05) is 18.5 Å². The number of amides is 2. The molecule has 0 unspecified atom stereocenters. The van der Waals surface area contributed by atoms with Crippen LogP contribution in [0.5, 0.6) is 0 Å². The molecule has 2 heterocycles. The van der Waals surface area contributed by atoms with E-state index in [0.29, 0.717) is 13.1 Å². The second-order valence-electron chi connectivity index (χ2n) is 5.39. The van der Waals surface area contributed by atoms with Crippen LogP contribution in [0.15, 0.2) is 47.8 Å². The lowest BCUT2D eigenvalue weighted by Gasteiger charge is -2.25. The fourth-order valence-corrected chi connectivity index (χ4v) is 3.29. The lowest BCUT2D eigenvalue weighted by Crippen LogP contribution is -2.39. The molecular formula is C17H20N2O2S. The van der Waals surface area contributed by atoms with Crippen LogP contribution in [-0.4, -0.2) is 30.2 Å². The standard InChI is InChI=1S/C17H20N2O2S/c20-17(18-14-6-2-1-3-7-14)19(12-15-8-4-10-21-15)13-16-9-5-11-22-16/h1-3,5-7,9,11,15H,4,8,10,12-13H2,(H,18,20)/t15-/m1/s1. The molecule has 0 bridgehead atoms. The topological polar surface area (TPSA) is 41.6 Å². The quantitative estimate of drug-likeness (QED) is 0.907. The Morgan fingerprint density at radius 1 is 1.27 bits per heavy atom. The van der Waals surface area contributed by atoms with Gasteiger partial charge in [-0.05, 0) is 36.4 Å². The van der Waals surface area contributed by atoms with Gasteiger partial charge >= 0.3 is 6.03 Å². The minimum absolute atomic E-state index is 0.0740. The molecule has 1 saturated heterocycles. The largest absolute Gasteiger partial charge is 0.376 e. The number of ether oxygens (including phenoxy) is 1. The molecule has 2 amide bonds. The molecule has 0 spiro atoms. The van der Waals surface area contributed by atoms with Crippen molar-refractivity contribution < 1.29 is 9.53 Å². The van der Waals surface area contributed by atoms with Gasteiger partial charge in [-0.1, -0.05) is 24.3 Å². The maximum absolute atomic E-state index is 12.6. The first-order valence-electron chi connectivity index (χ1n) is 7.56. The van der Waals surface area contributed by atoms with Crippen LogP contribution in [0.2, 0.25) is 0 Å². The van der Waals surface area contributed by atoms with Crippen molar-refractivity contribution in [2.24, 2.45) is 0 Å². The molecule has 5 heteroatoms. The van der Waals surface area contributed by atoms with Crippen LogP contribution >= 0.6 is 11.3 Å². The summed E-state index contributed by atoms with van der Waals surface area (Å²) in [5.41, 5.74) is 0.816. The lowest BCUT2D eigenvalue weighted by molar-refractivity contribution is 0.0821. The van der Waals surface area contributed by atoms with Gasteiger partial charge in [-0.2, -0.15) is 0 Å². The molecule has 1 aromatic carbocycles. The minimum Gasteiger partial charge on any atom is -0.376 e. The molecule has 1 atom stereocenters. The number of benzene rings is 1. The van der Waals surface area contributed by atoms with Gasteiger partial charge in [0.15, 0.2) is 0 Å². The van der Waals surface area contributed by atoms with Gasteiger partial charge in [0.25, 0.3) is 0 Å². The summed E-state index contributed by atoms with van der Waals surface area (Å²) in [7, 11) is 0. The lowest BCUT2D eigenvalue weighted by atomic mass is 10.2. The van der Waals surface area contributed by atoms with Crippen LogP contribution in [0, 0.1) is 0 Å². The van der Waals surface area contributed by atoms with Crippen LogP contribution in [0.4, 0.5) is 10.5 Å². The highest BCUT2D eigenvalue weighted by Crippen LogP contribution is 2.18. The number of hydrogen-bond donors (Lipinski definition) is 1. The van der Waals surface area contributed by atoms with Crippen molar-refractivity contribution in [2.45, 2.75) is 25.5 Å². The van der Waals surface area contributed by atoms with E-state index in [2.05, 4.69) is 11.4 Å². The zero-order valence-electron chi connectivity index (χ0n) is 12.4. The van der Waals surface area contributed by atoms with Crippen LogP contribution in [0.3, 0.4) is 0 Å². The minimum atomic E-state index is -0.0740. The molecule has 0 radical (unpaired) electrons. The van der Waals surface area contributed by atoms with Gasteiger partial charge in [-0.3, -0.25) is 0 Å². The van der Waals surface area contributed by atoms with E-state index in [9.17, 15) is 4.79 Å². The molecule has 2 aromatic rings. The normalized spacial score (nSPS) is 17.4. The van der Waals surface area contributed by atoms with Crippen LogP contribution in [0.1, 0.15) is 17.7 Å². The molecule has 3 rings (SSSR count). The molecule has 1 aromatic heterocycles. The third-order valence-electron chi connectivity index (χ3n) is 3.69. The van der Waals surface area contributed by atoms with E-state index in [0.717, 1.165) is 25.1 Å². The molecule has 4 nitrogen and oxygen atoms in total. The molecule has 22 heavy (non-hydrogen) atoms. The van der Waals surface area contributed by atoms with E-state index in [4.69, 9.17) is 4.74 Å². The Hall–Kier alpha value is -1.85. The zero-order chi connectivity index (χ0) is 15.2. The van der Waals surface area contributed by atoms with Crippen LogP contribution in [-0.2, 0) is 11.3 Å². The number of nitrogens with zero attached hydrogens (tertiary/aromatic N) is 1. The van der Waals surface area contributed by atoms with Gasteiger partial charge in [-0.15, -0.1) is 11.3 Å². The van der Waals surface area contributed by atoms with E-state index in [1.165, 1.54) is 4.88 Å². The first-order valence-corrected chi connectivity index (χ1v) is 8.44. The second-order valence-corrected chi connectivity index (χ2v) is 6.42. The number of anilines is 1. The summed E-state index contributed by atoms with van der Waals surface area (Å²) in [5.74, 6) is 0. The predicted octanol–water partition coefficient (Wildman–Crippen LogP) is 3.96.